The number of rotatable bonds is 9. The van der Waals surface area contributed by atoms with Gasteiger partial charge in [-0.05, 0) is 132 Å². The van der Waals surface area contributed by atoms with E-state index >= 15 is 4.39 Å². The molecule has 7 fully saturated rings. The second-order valence-corrected chi connectivity index (χ2v) is 28.1. The summed E-state index contributed by atoms with van der Waals surface area (Å²) in [6.45, 7) is 10.3. The predicted octanol–water partition coefficient (Wildman–Crippen LogP) is 15.0. The van der Waals surface area contributed by atoms with Gasteiger partial charge in [0.25, 0.3) is 29.6 Å². The van der Waals surface area contributed by atoms with Gasteiger partial charge in [-0.2, -0.15) is 15.0 Å². The second-order valence-electron chi connectivity index (χ2n) is 25.4. The van der Waals surface area contributed by atoms with Gasteiger partial charge in [-0.3, -0.25) is 9.59 Å². The van der Waals surface area contributed by atoms with Crippen LogP contribution in [0.4, 0.5) is 89.3 Å². The van der Waals surface area contributed by atoms with Gasteiger partial charge in [0.2, 0.25) is 17.8 Å². The fourth-order valence-corrected chi connectivity index (χ4v) is 13.0. The number of amides is 2. The lowest BCUT2D eigenvalue weighted by atomic mass is 9.93. The number of hydrogen-bond donors (Lipinski definition) is 5. The molecule has 5 saturated heterocycles. The first-order chi connectivity index (χ1) is 45.7. The third kappa shape index (κ3) is 20.5. The molecule has 2 spiro atoms. The Hall–Kier alpha value is -7.06. The third-order valence-corrected chi connectivity index (χ3v) is 19.2. The van der Waals surface area contributed by atoms with Crippen LogP contribution in [0.5, 0.6) is 0 Å². The number of benzene rings is 3. The fraction of sp³-hybridized carbons (Fsp3) is 0.492. The van der Waals surface area contributed by atoms with Crippen molar-refractivity contribution in [3.05, 3.63) is 131 Å². The lowest BCUT2D eigenvalue weighted by Gasteiger charge is -2.35. The smallest absolute Gasteiger partial charge is 0.341 e. The number of alkyl halides is 6. The molecule has 6 N–H and O–H groups in total. The number of carboxylic acid groups (broad SMARTS) is 1. The average molecular weight is 1560 g/mol. The number of nitrogen functional groups attached to an aromatic ring is 1. The Labute approximate surface area is 578 Å². The van der Waals surface area contributed by atoms with Crippen molar-refractivity contribution >= 4 is 107 Å². The summed E-state index contributed by atoms with van der Waals surface area (Å²) in [7, 11) is 0. The Balaban J connectivity index is 0.000000154. The molecule has 7 aliphatic rings. The molecule has 6 aromatic rings. The van der Waals surface area contributed by atoms with Crippen molar-refractivity contribution in [2.75, 3.05) is 101 Å². The van der Waals surface area contributed by atoms with Crippen molar-refractivity contribution in [1.29, 1.82) is 0 Å². The Morgan fingerprint density at radius 3 is 1.11 bits per heavy atom. The number of nitrogens with two attached hydrogens (primary N) is 1. The van der Waals surface area contributed by atoms with E-state index in [1.807, 2.05) is 0 Å². The number of aromatic carboxylic acids is 1. The number of carbonyl (C=O) groups excluding carboxylic acids is 2. The van der Waals surface area contributed by atoms with Crippen LogP contribution in [0.25, 0.3) is 0 Å². The van der Waals surface area contributed by atoms with Gasteiger partial charge in [-0.15, -0.1) is 0 Å². The molecule has 2 amide bonds. The zero-order valence-corrected chi connectivity index (χ0v) is 57.9. The summed E-state index contributed by atoms with van der Waals surface area (Å²) in [5, 5.41) is 16.8. The van der Waals surface area contributed by atoms with Crippen molar-refractivity contribution in [3.63, 3.8) is 0 Å². The summed E-state index contributed by atoms with van der Waals surface area (Å²) < 4.78 is 149. The van der Waals surface area contributed by atoms with Gasteiger partial charge in [0.05, 0.1) is 11.3 Å². The summed E-state index contributed by atoms with van der Waals surface area (Å²) in [5.41, 5.74) is 7.59. The largest absolute Gasteiger partial charge is 0.477 e. The summed E-state index contributed by atoms with van der Waals surface area (Å²) in [5.74, 6) is -14.5. The van der Waals surface area contributed by atoms with Crippen LogP contribution in [-0.2, 0) is 0 Å². The van der Waals surface area contributed by atoms with Gasteiger partial charge < -0.3 is 46.4 Å². The van der Waals surface area contributed by atoms with Crippen molar-refractivity contribution in [1.82, 2.24) is 35.2 Å². The first-order valence-corrected chi connectivity index (χ1v) is 33.9. The first-order valence-electron chi connectivity index (χ1n) is 31.5. The van der Waals surface area contributed by atoms with Crippen LogP contribution in [0.3, 0.4) is 0 Å². The van der Waals surface area contributed by atoms with E-state index in [-0.39, 0.29) is 116 Å². The van der Waals surface area contributed by atoms with Gasteiger partial charge in [0.1, 0.15) is 57.7 Å². The molecule has 18 nitrogen and oxygen atoms in total. The normalized spacial score (nSPS) is 19.1. The average Bonchev–Trinajstić information content (AvgIpc) is 1.77. The zero-order valence-electron chi connectivity index (χ0n) is 53.2. The molecule has 32 heteroatoms. The van der Waals surface area contributed by atoms with Crippen LogP contribution < -0.4 is 41.3 Å². The minimum atomic E-state index is -2.71. The molecule has 0 bridgehead atoms. The highest BCUT2D eigenvalue weighted by Crippen LogP contribution is 2.54. The first kappa shape index (κ1) is 74.2. The molecule has 5 aliphatic heterocycles. The van der Waals surface area contributed by atoms with E-state index in [2.05, 4.69) is 98.5 Å². The Morgan fingerprint density at radius 2 is 0.753 bits per heavy atom. The minimum Gasteiger partial charge on any atom is -0.477 e. The van der Waals surface area contributed by atoms with Crippen LogP contribution in [0, 0.1) is 60.7 Å². The molecule has 8 heterocycles. The zero-order chi connectivity index (χ0) is 70.4. The van der Waals surface area contributed by atoms with Crippen LogP contribution >= 0.6 is 47.8 Å². The predicted molar refractivity (Wildman–Crippen MR) is 356 cm³/mol. The third-order valence-electron chi connectivity index (χ3n) is 17.8. The van der Waals surface area contributed by atoms with Crippen molar-refractivity contribution < 1.29 is 67.8 Å². The highest BCUT2D eigenvalue weighted by atomic mass is 79.9. The lowest BCUT2D eigenvalue weighted by molar-refractivity contribution is -0.0229. The SMILES string of the molecule is C1CC2(CCN1)CC2.Cc1cc(N)nc(N2CCC(F)(F)CC2)n1.Cc1cc(NC(=O)c2c(F)cc(Br)cc2F)nc(N2CCC(F)(F)CC2)n1.Cc1cc(NC(=O)c2c(F)cc(Br)cc2N2CCC3(CC2)CC3)nc(N2CCC(F)(F)CC2)n1.O=C(O)c1c(F)cc(Br)cc1F. The molecule has 2 aliphatic carbocycles. The number of halogens is 14. The molecule has 3 aromatic heterocycles. The number of piperidine rings is 5. The van der Waals surface area contributed by atoms with E-state index in [1.165, 1.54) is 63.7 Å². The fourth-order valence-electron chi connectivity index (χ4n) is 11.8. The van der Waals surface area contributed by atoms with E-state index in [0.29, 0.717) is 38.7 Å². The molecule has 3 aromatic carbocycles. The highest BCUT2D eigenvalue weighted by molar-refractivity contribution is 9.11. The van der Waals surface area contributed by atoms with E-state index in [4.69, 9.17) is 10.8 Å². The van der Waals surface area contributed by atoms with Gasteiger partial charge >= 0.3 is 5.97 Å². The van der Waals surface area contributed by atoms with E-state index in [9.17, 15) is 58.3 Å². The topological polar surface area (TPSA) is 224 Å². The highest BCUT2D eigenvalue weighted by Gasteiger charge is 2.46. The van der Waals surface area contributed by atoms with Crippen LogP contribution in [0.1, 0.15) is 138 Å². The summed E-state index contributed by atoms with van der Waals surface area (Å²) in [4.78, 5) is 68.2. The molecule has 13 rings (SSSR count). The Bertz CT molecular complexity index is 3760. The van der Waals surface area contributed by atoms with Crippen LogP contribution in [0.15, 0.2) is 68.0 Å². The van der Waals surface area contributed by atoms with E-state index in [1.54, 1.807) is 53.7 Å². The minimum absolute atomic E-state index is 0.0228. The summed E-state index contributed by atoms with van der Waals surface area (Å²) in [6.07, 6.45) is 9.08. The number of hydrogen-bond acceptors (Lipinski definition) is 15. The number of nitrogens with zero attached hydrogens (tertiary/aromatic N) is 10. The standard InChI is InChI=1S/C24H27BrF3N5O.C17H15BrF4N4O.C10H14F2N4.C7H3BrF2O2.C7H13N/c1-15-12-19(31-22(29-15)33-10-6-24(27,28)7-11-33)30-21(34)20-17(26)13-16(25)14-18(20)32-8-4-23(2-3-23)5-9-32;1-9-6-13(24-15(27)14-11(19)7-10(18)8-12(14)20)25-16(23-9)26-4-2-17(21,22)3-5-26;1-7-6-8(13)15-9(14-7)16-4-2-10(11,12)3-5-16;8-3-1-4(9)6(7(11)12)5(10)2-3;1-2-7(1)3-5-8-6-4-7/h12-14H,2-11H2,1H3,(H,29,30,31,34);6-8H,2-5H2,1H3,(H,23,24,25,27);6H,2-5H2,1H3,(H2,13,14,15);1-2H,(H,11,12);8H,1-6H2. The maximum absolute atomic E-state index is 15.1. The van der Waals surface area contributed by atoms with Crippen molar-refractivity contribution in [3.8, 4) is 0 Å². The second kappa shape index (κ2) is 31.0. The summed E-state index contributed by atoms with van der Waals surface area (Å²) in [6, 6.07) is 11.5. The molecular weight excluding hydrogens is 1490 g/mol. The van der Waals surface area contributed by atoms with Crippen molar-refractivity contribution in [2.45, 2.75) is 128 Å². The number of aryl methyl sites for hydroxylation is 3. The number of nitrogens with one attached hydrogen (secondary N) is 3. The number of anilines is 7. The number of aromatic nitrogens is 6. The molecule has 0 radical (unpaired) electrons. The molecule has 0 atom stereocenters. The van der Waals surface area contributed by atoms with Crippen LogP contribution in [-0.4, -0.2) is 136 Å². The van der Waals surface area contributed by atoms with Gasteiger partial charge in [-0.1, -0.05) is 47.8 Å². The van der Waals surface area contributed by atoms with E-state index < -0.39 is 75.8 Å². The molecule has 2 saturated carbocycles. The van der Waals surface area contributed by atoms with Gasteiger partial charge in [0.15, 0.2) is 0 Å². The van der Waals surface area contributed by atoms with Crippen molar-refractivity contribution in [2.24, 2.45) is 10.8 Å². The number of carbonyl (C=O) groups is 3. The molecule has 97 heavy (non-hydrogen) atoms. The lowest BCUT2D eigenvalue weighted by Crippen LogP contribution is -2.40. The number of carboxylic acids is 1. The maximum atomic E-state index is 15.1. The monoisotopic (exact) mass is 1560 g/mol. The van der Waals surface area contributed by atoms with Gasteiger partial charge in [-0.25, -0.2) is 68.0 Å². The maximum Gasteiger partial charge on any atom is 0.341 e. The molecular formula is C65H72Br3F11N14O4. The molecule has 524 valence electrons. The van der Waals surface area contributed by atoms with Crippen LogP contribution in [0.2, 0.25) is 0 Å². The Morgan fingerprint density at radius 1 is 0.433 bits per heavy atom. The molecule has 0 unspecified atom stereocenters. The van der Waals surface area contributed by atoms with Gasteiger partial charge in [0, 0.05) is 140 Å². The quantitative estimate of drug-likeness (QED) is 0.0849. The Kier molecular flexibility index (Phi) is 23.7. The van der Waals surface area contributed by atoms with E-state index in [0.717, 1.165) is 61.3 Å². The summed E-state index contributed by atoms with van der Waals surface area (Å²) >= 11 is 9.12.